The molecule has 1 fully saturated rings. The molecule has 1 aromatic carbocycles. The number of carbonyl (C=O) groups excluding carboxylic acids is 1. The highest BCUT2D eigenvalue weighted by molar-refractivity contribution is 14.1. The first-order chi connectivity index (χ1) is 8.98. The van der Waals surface area contributed by atoms with Crippen LogP contribution in [0.15, 0.2) is 29.4 Å². The molecule has 0 bridgehead atoms. The van der Waals surface area contributed by atoms with Crippen LogP contribution in [0.25, 0.3) is 0 Å². The summed E-state index contributed by atoms with van der Waals surface area (Å²) in [6.45, 7) is 2.04. The van der Waals surface area contributed by atoms with Crippen molar-refractivity contribution in [2.75, 3.05) is 5.32 Å². The zero-order valence-corrected chi connectivity index (χ0v) is 12.7. The second-order valence-electron chi connectivity index (χ2n) is 5.04. The van der Waals surface area contributed by atoms with Crippen molar-refractivity contribution in [1.29, 1.82) is 0 Å². The highest BCUT2D eigenvalue weighted by Gasteiger charge is 2.52. The van der Waals surface area contributed by atoms with Crippen molar-refractivity contribution in [2.45, 2.75) is 19.8 Å². The molecule has 2 rings (SSSR count). The lowest BCUT2D eigenvalue weighted by Gasteiger charge is -2.43. The maximum atomic E-state index is 12.4. The van der Waals surface area contributed by atoms with Gasteiger partial charge in [-0.3, -0.25) is 4.79 Å². The molecule has 0 aliphatic heterocycles. The molecule has 1 saturated carbocycles. The molecule has 0 radical (unpaired) electrons. The Labute approximate surface area is 125 Å². The van der Waals surface area contributed by atoms with Crippen molar-refractivity contribution in [3.05, 3.63) is 27.8 Å². The van der Waals surface area contributed by atoms with Crippen molar-refractivity contribution in [2.24, 2.45) is 22.2 Å². The third-order valence-corrected chi connectivity index (χ3v) is 4.25. The fraction of sp³-hybridized carbons (Fsp3) is 0.385. The van der Waals surface area contributed by atoms with Crippen molar-refractivity contribution in [3.63, 3.8) is 0 Å². The smallest absolute Gasteiger partial charge is 0.238 e. The number of hydrogen-bond acceptors (Lipinski definition) is 3. The van der Waals surface area contributed by atoms with Gasteiger partial charge in [0, 0.05) is 9.26 Å². The lowest BCUT2D eigenvalue weighted by atomic mass is 9.61. The number of nitrogens with zero attached hydrogens (tertiary/aromatic N) is 1. The van der Waals surface area contributed by atoms with Crippen LogP contribution in [0.3, 0.4) is 0 Å². The number of amides is 1. The Morgan fingerprint density at radius 3 is 2.53 bits per heavy atom. The summed E-state index contributed by atoms with van der Waals surface area (Å²) < 4.78 is 1.10. The van der Waals surface area contributed by atoms with Gasteiger partial charge in [-0.05, 0) is 65.6 Å². The van der Waals surface area contributed by atoms with E-state index >= 15 is 0 Å². The standard InChI is InChI=1S/C13H16IN3O2/c1-8-6-13(7-8,11(15)17-19)12(18)16-10-4-2-9(14)3-5-10/h2-5,8,19H,6-7H2,1H3,(H2,15,17)(H,16,18). The average Bonchev–Trinajstić information content (AvgIpc) is 2.36. The highest BCUT2D eigenvalue weighted by atomic mass is 127. The Morgan fingerprint density at radius 2 is 2.05 bits per heavy atom. The molecule has 0 saturated heterocycles. The van der Waals surface area contributed by atoms with Gasteiger partial charge in [-0.1, -0.05) is 12.1 Å². The van der Waals surface area contributed by atoms with Crippen molar-refractivity contribution >= 4 is 40.0 Å². The molecular formula is C13H16IN3O2. The number of amidine groups is 1. The summed E-state index contributed by atoms with van der Waals surface area (Å²) in [6, 6.07) is 7.50. The fourth-order valence-electron chi connectivity index (χ4n) is 2.52. The monoisotopic (exact) mass is 373 g/mol. The third-order valence-electron chi connectivity index (χ3n) is 3.53. The lowest BCUT2D eigenvalue weighted by molar-refractivity contribution is -0.127. The quantitative estimate of drug-likeness (QED) is 0.250. The maximum absolute atomic E-state index is 12.4. The number of nitrogens with two attached hydrogens (primary N) is 1. The van der Waals surface area contributed by atoms with E-state index in [0.29, 0.717) is 18.8 Å². The Hall–Kier alpha value is -1.31. The van der Waals surface area contributed by atoms with E-state index in [0.717, 1.165) is 9.26 Å². The normalized spacial score (nSPS) is 26.6. The molecule has 1 aliphatic carbocycles. The first-order valence-electron chi connectivity index (χ1n) is 6.03. The van der Waals surface area contributed by atoms with E-state index in [9.17, 15) is 4.79 Å². The predicted octanol–water partition coefficient (Wildman–Crippen LogP) is 2.39. The van der Waals surface area contributed by atoms with Crippen molar-refractivity contribution in [3.8, 4) is 0 Å². The third kappa shape index (κ3) is 2.68. The fourth-order valence-corrected chi connectivity index (χ4v) is 2.88. The van der Waals surface area contributed by atoms with Gasteiger partial charge in [-0.15, -0.1) is 0 Å². The van der Waals surface area contributed by atoms with Gasteiger partial charge in [0.2, 0.25) is 5.91 Å². The van der Waals surface area contributed by atoms with E-state index in [1.165, 1.54) is 0 Å². The summed E-state index contributed by atoms with van der Waals surface area (Å²) in [7, 11) is 0. The summed E-state index contributed by atoms with van der Waals surface area (Å²) in [5.41, 5.74) is 5.55. The molecule has 4 N–H and O–H groups in total. The second kappa shape index (κ2) is 5.36. The zero-order valence-electron chi connectivity index (χ0n) is 10.6. The van der Waals surface area contributed by atoms with Gasteiger partial charge < -0.3 is 16.3 Å². The van der Waals surface area contributed by atoms with Gasteiger partial charge in [0.15, 0.2) is 5.84 Å². The van der Waals surface area contributed by atoms with E-state index in [1.807, 2.05) is 31.2 Å². The SMILES string of the molecule is CC1CC(C(=O)Nc2ccc(I)cc2)(/C(N)=N/O)C1. The molecule has 1 aromatic rings. The number of rotatable bonds is 3. The molecule has 1 amide bonds. The first-order valence-corrected chi connectivity index (χ1v) is 7.11. The van der Waals surface area contributed by atoms with Gasteiger partial charge in [0.25, 0.3) is 0 Å². The molecule has 0 unspecified atom stereocenters. The van der Waals surface area contributed by atoms with Gasteiger partial charge in [-0.25, -0.2) is 0 Å². The van der Waals surface area contributed by atoms with Gasteiger partial charge in [-0.2, -0.15) is 0 Å². The maximum Gasteiger partial charge on any atom is 0.238 e. The molecule has 0 heterocycles. The zero-order chi connectivity index (χ0) is 14.0. The number of benzene rings is 1. The first kappa shape index (κ1) is 14.1. The van der Waals surface area contributed by atoms with Crippen LogP contribution in [0.4, 0.5) is 5.69 Å². The van der Waals surface area contributed by atoms with Crippen molar-refractivity contribution < 1.29 is 10.0 Å². The van der Waals surface area contributed by atoms with E-state index < -0.39 is 5.41 Å². The van der Waals surface area contributed by atoms with E-state index in [2.05, 4.69) is 33.1 Å². The Morgan fingerprint density at radius 1 is 1.47 bits per heavy atom. The van der Waals surface area contributed by atoms with Crippen LogP contribution in [0.5, 0.6) is 0 Å². The van der Waals surface area contributed by atoms with Crippen LogP contribution < -0.4 is 11.1 Å². The Kier molecular flexibility index (Phi) is 3.98. The predicted molar refractivity (Wildman–Crippen MR) is 82.0 cm³/mol. The summed E-state index contributed by atoms with van der Waals surface area (Å²) in [5.74, 6) is 0.193. The molecule has 0 aromatic heterocycles. The number of anilines is 1. The van der Waals surface area contributed by atoms with Crippen LogP contribution in [-0.4, -0.2) is 17.0 Å². The molecule has 0 atom stereocenters. The second-order valence-corrected chi connectivity index (χ2v) is 6.29. The van der Waals surface area contributed by atoms with E-state index in [4.69, 9.17) is 10.9 Å². The molecule has 1 aliphatic rings. The summed E-state index contributed by atoms with van der Waals surface area (Å²) >= 11 is 2.20. The van der Waals surface area contributed by atoms with Crippen LogP contribution in [0, 0.1) is 14.9 Å². The Bertz CT molecular complexity index is 507. The molecule has 102 valence electrons. The average molecular weight is 373 g/mol. The van der Waals surface area contributed by atoms with Crippen LogP contribution >= 0.6 is 22.6 Å². The van der Waals surface area contributed by atoms with Gasteiger partial charge in [0.05, 0.1) is 0 Å². The lowest BCUT2D eigenvalue weighted by Crippen LogP contribution is -2.54. The minimum Gasteiger partial charge on any atom is -0.409 e. The summed E-state index contributed by atoms with van der Waals surface area (Å²) in [5, 5.41) is 14.7. The van der Waals surface area contributed by atoms with Crippen LogP contribution in [0.1, 0.15) is 19.8 Å². The minimum absolute atomic E-state index is 0.00592. The molecule has 19 heavy (non-hydrogen) atoms. The van der Waals surface area contributed by atoms with Crippen LogP contribution in [-0.2, 0) is 4.79 Å². The summed E-state index contributed by atoms with van der Waals surface area (Å²) in [4.78, 5) is 12.4. The largest absolute Gasteiger partial charge is 0.409 e. The molecule has 0 spiro atoms. The van der Waals surface area contributed by atoms with E-state index in [-0.39, 0.29) is 11.7 Å². The topological polar surface area (TPSA) is 87.7 Å². The van der Waals surface area contributed by atoms with Gasteiger partial charge in [0.1, 0.15) is 5.41 Å². The van der Waals surface area contributed by atoms with Crippen LogP contribution in [0.2, 0.25) is 0 Å². The number of oxime groups is 1. The van der Waals surface area contributed by atoms with Gasteiger partial charge >= 0.3 is 0 Å². The molecule has 5 nitrogen and oxygen atoms in total. The minimum atomic E-state index is -0.864. The number of nitrogens with one attached hydrogen (secondary N) is 1. The Balaban J connectivity index is 2.15. The molecular weight excluding hydrogens is 357 g/mol. The number of hydrogen-bond donors (Lipinski definition) is 3. The number of halogens is 1. The molecule has 6 heteroatoms. The van der Waals surface area contributed by atoms with E-state index in [1.54, 1.807) is 0 Å². The van der Waals surface area contributed by atoms with Crippen molar-refractivity contribution in [1.82, 2.24) is 0 Å². The number of carbonyl (C=O) groups is 1. The highest BCUT2D eigenvalue weighted by Crippen LogP contribution is 2.46. The summed E-state index contributed by atoms with van der Waals surface area (Å²) in [6.07, 6.45) is 1.22.